The Balaban J connectivity index is 1.78. The molecule has 2 rings (SSSR count). The molecule has 0 amide bonds. The lowest BCUT2D eigenvalue weighted by molar-refractivity contribution is 0.198. The number of piperidine rings is 1. The molecule has 2 N–H and O–H groups in total. The van der Waals surface area contributed by atoms with Gasteiger partial charge in [0.15, 0.2) is 0 Å². The van der Waals surface area contributed by atoms with E-state index in [9.17, 15) is 8.42 Å². The van der Waals surface area contributed by atoms with Crippen molar-refractivity contribution in [3.63, 3.8) is 0 Å². The van der Waals surface area contributed by atoms with Crippen LogP contribution in [0.3, 0.4) is 0 Å². The highest BCUT2D eigenvalue weighted by molar-refractivity contribution is 7.90. The summed E-state index contributed by atoms with van der Waals surface area (Å²) in [6.07, 6.45) is 1.67. The number of hydrogen-bond donors (Lipinski definition) is 2. The predicted octanol–water partition coefficient (Wildman–Crippen LogP) is 1.35. The average molecular weight is 356 g/mol. The van der Waals surface area contributed by atoms with Crippen LogP contribution in [0.25, 0.3) is 0 Å². The molecule has 1 aliphatic rings. The summed E-state index contributed by atoms with van der Waals surface area (Å²) in [4.78, 5) is 2.34. The van der Waals surface area contributed by atoms with E-state index < -0.39 is 10.0 Å². The molecule has 1 saturated heterocycles. The third-order valence-electron chi connectivity index (χ3n) is 4.23. The minimum absolute atomic E-state index is 0.0112. The van der Waals surface area contributed by atoms with E-state index in [0.717, 1.165) is 38.2 Å². The van der Waals surface area contributed by atoms with Crippen molar-refractivity contribution in [2.75, 3.05) is 26.3 Å². The van der Waals surface area contributed by atoms with Gasteiger partial charge in [-0.1, -0.05) is 12.1 Å². The van der Waals surface area contributed by atoms with Crippen LogP contribution in [0.1, 0.15) is 32.3 Å². The van der Waals surface area contributed by atoms with Crippen LogP contribution in [0.5, 0.6) is 5.75 Å². The molecule has 0 saturated carbocycles. The first kappa shape index (κ1) is 19.2. The Kier molecular flexibility index (Phi) is 7.03. The Morgan fingerprint density at radius 3 is 2.42 bits per heavy atom. The number of aliphatic hydroxyl groups excluding tert-OH is 1. The maximum Gasteiger partial charge on any atom is 0.214 e. The minimum Gasteiger partial charge on any atom is -0.491 e. The number of hydrogen-bond acceptors (Lipinski definition) is 5. The highest BCUT2D eigenvalue weighted by atomic mass is 32.2. The Morgan fingerprint density at radius 2 is 1.88 bits per heavy atom. The van der Waals surface area contributed by atoms with Gasteiger partial charge >= 0.3 is 0 Å². The molecule has 1 fully saturated rings. The molecule has 0 aromatic heterocycles. The Morgan fingerprint density at radius 1 is 1.25 bits per heavy atom. The first-order chi connectivity index (χ1) is 11.4. The fraction of sp³-hybridized carbons (Fsp3) is 0.647. The van der Waals surface area contributed by atoms with Crippen LogP contribution in [0.4, 0.5) is 0 Å². The number of ether oxygens (including phenoxy) is 1. The molecule has 1 aromatic carbocycles. The zero-order valence-corrected chi connectivity index (χ0v) is 15.3. The summed E-state index contributed by atoms with van der Waals surface area (Å²) in [5.41, 5.74) is 1.20. The van der Waals surface area contributed by atoms with Crippen LogP contribution >= 0.6 is 0 Å². The lowest BCUT2D eigenvalue weighted by atomic mass is 10.1. The van der Waals surface area contributed by atoms with Gasteiger partial charge in [0.05, 0.1) is 11.9 Å². The molecule has 0 spiro atoms. The quantitative estimate of drug-likeness (QED) is 0.735. The number of nitrogens with zero attached hydrogens (tertiary/aromatic N) is 1. The summed E-state index contributed by atoms with van der Waals surface area (Å²) >= 11 is 0. The number of nitrogens with one attached hydrogen (secondary N) is 1. The second-order valence-corrected chi connectivity index (χ2v) is 8.75. The molecule has 24 heavy (non-hydrogen) atoms. The molecular formula is C17H28N2O4S. The summed E-state index contributed by atoms with van der Waals surface area (Å²) in [6, 6.07) is 7.92. The molecule has 0 aliphatic carbocycles. The van der Waals surface area contributed by atoms with E-state index in [1.165, 1.54) is 5.56 Å². The zero-order chi connectivity index (χ0) is 17.6. The maximum absolute atomic E-state index is 11.9. The Bertz CT molecular complexity index is 594. The highest BCUT2D eigenvalue weighted by Gasteiger charge is 2.25. The van der Waals surface area contributed by atoms with Crippen LogP contribution in [0.2, 0.25) is 0 Å². The predicted molar refractivity (Wildman–Crippen MR) is 94.5 cm³/mol. The molecule has 0 radical (unpaired) electrons. The fourth-order valence-electron chi connectivity index (χ4n) is 2.69. The highest BCUT2D eigenvalue weighted by Crippen LogP contribution is 2.17. The van der Waals surface area contributed by atoms with Crippen LogP contribution in [-0.2, 0) is 16.6 Å². The summed E-state index contributed by atoms with van der Waals surface area (Å²) < 4.78 is 32.0. The second kappa shape index (κ2) is 8.80. The SMILES string of the molecule is CC(C)S(=O)(=O)NC1CCN(Cc2ccc(OCCO)cc2)CC1. The van der Waals surface area contributed by atoms with Gasteiger partial charge in [0.25, 0.3) is 0 Å². The summed E-state index contributed by atoms with van der Waals surface area (Å²) in [5.74, 6) is 0.759. The van der Waals surface area contributed by atoms with Gasteiger partial charge in [-0.05, 0) is 44.4 Å². The Hall–Kier alpha value is -1.15. The fourth-order valence-corrected chi connectivity index (χ4v) is 3.66. The van der Waals surface area contributed by atoms with Gasteiger partial charge in [-0.25, -0.2) is 13.1 Å². The van der Waals surface area contributed by atoms with E-state index in [2.05, 4.69) is 9.62 Å². The number of aliphatic hydroxyl groups is 1. The minimum atomic E-state index is -3.19. The molecule has 0 unspecified atom stereocenters. The van der Waals surface area contributed by atoms with Crippen molar-refractivity contribution < 1.29 is 18.3 Å². The van der Waals surface area contributed by atoms with E-state index in [4.69, 9.17) is 9.84 Å². The standard InChI is InChI=1S/C17H28N2O4S/c1-14(2)24(21,22)18-16-7-9-19(10-8-16)13-15-3-5-17(6-4-15)23-12-11-20/h3-6,14,16,18,20H,7-13H2,1-2H3. The maximum atomic E-state index is 11.9. The lowest BCUT2D eigenvalue weighted by Gasteiger charge is -2.32. The van der Waals surface area contributed by atoms with Crippen molar-refractivity contribution in [3.05, 3.63) is 29.8 Å². The number of rotatable bonds is 8. The van der Waals surface area contributed by atoms with Gasteiger partial charge in [-0.2, -0.15) is 0 Å². The first-order valence-electron chi connectivity index (χ1n) is 8.47. The van der Waals surface area contributed by atoms with Gasteiger partial charge in [0, 0.05) is 25.7 Å². The van der Waals surface area contributed by atoms with Crippen LogP contribution in [-0.4, -0.2) is 56.0 Å². The van der Waals surface area contributed by atoms with Crippen molar-refractivity contribution in [1.29, 1.82) is 0 Å². The van der Waals surface area contributed by atoms with E-state index in [1.54, 1.807) is 13.8 Å². The molecule has 136 valence electrons. The van der Waals surface area contributed by atoms with Gasteiger partial charge in [-0.15, -0.1) is 0 Å². The van der Waals surface area contributed by atoms with E-state index >= 15 is 0 Å². The summed E-state index contributed by atoms with van der Waals surface area (Å²) in [5, 5.41) is 8.36. The molecule has 7 heteroatoms. The normalized spacial score (nSPS) is 17.3. The van der Waals surface area contributed by atoms with Gasteiger partial charge in [0.1, 0.15) is 12.4 Å². The first-order valence-corrected chi connectivity index (χ1v) is 10.0. The van der Waals surface area contributed by atoms with E-state index in [-0.39, 0.29) is 17.9 Å². The molecule has 0 bridgehead atoms. The van der Waals surface area contributed by atoms with Crippen LogP contribution in [0, 0.1) is 0 Å². The number of likely N-dealkylation sites (tertiary alicyclic amines) is 1. The van der Waals surface area contributed by atoms with Crippen molar-refractivity contribution in [3.8, 4) is 5.75 Å². The van der Waals surface area contributed by atoms with E-state index in [1.807, 2.05) is 24.3 Å². The lowest BCUT2D eigenvalue weighted by Crippen LogP contribution is -2.46. The Labute approximate surface area is 144 Å². The zero-order valence-electron chi connectivity index (χ0n) is 14.4. The summed E-state index contributed by atoms with van der Waals surface area (Å²) in [6.45, 7) is 6.33. The van der Waals surface area contributed by atoms with Crippen LogP contribution < -0.4 is 9.46 Å². The average Bonchev–Trinajstić information content (AvgIpc) is 2.55. The van der Waals surface area contributed by atoms with Crippen molar-refractivity contribution in [2.24, 2.45) is 0 Å². The van der Waals surface area contributed by atoms with Gasteiger partial charge in [0.2, 0.25) is 10.0 Å². The summed E-state index contributed by atoms with van der Waals surface area (Å²) in [7, 11) is -3.19. The molecule has 1 aromatic rings. The second-order valence-electron chi connectivity index (χ2n) is 6.48. The largest absolute Gasteiger partial charge is 0.491 e. The smallest absolute Gasteiger partial charge is 0.214 e. The molecule has 6 nitrogen and oxygen atoms in total. The van der Waals surface area contributed by atoms with Crippen LogP contribution in [0.15, 0.2) is 24.3 Å². The molecule has 1 heterocycles. The van der Waals surface area contributed by atoms with Gasteiger partial charge < -0.3 is 9.84 Å². The van der Waals surface area contributed by atoms with E-state index in [0.29, 0.717) is 6.61 Å². The number of benzene rings is 1. The van der Waals surface area contributed by atoms with Gasteiger partial charge in [-0.3, -0.25) is 4.90 Å². The molecule has 1 aliphatic heterocycles. The monoisotopic (exact) mass is 356 g/mol. The number of sulfonamides is 1. The van der Waals surface area contributed by atoms with Crippen molar-refractivity contribution in [2.45, 2.75) is 44.5 Å². The molecule has 0 atom stereocenters. The third-order valence-corrected chi connectivity index (χ3v) is 6.13. The van der Waals surface area contributed by atoms with Crippen molar-refractivity contribution in [1.82, 2.24) is 9.62 Å². The molecular weight excluding hydrogens is 328 g/mol. The topological polar surface area (TPSA) is 78.9 Å². The van der Waals surface area contributed by atoms with Crippen molar-refractivity contribution >= 4 is 10.0 Å². The third kappa shape index (κ3) is 5.73.